The second-order valence-electron chi connectivity index (χ2n) is 3.90. The second-order valence-corrected chi connectivity index (χ2v) is 4.84. The van der Waals surface area contributed by atoms with Gasteiger partial charge in [0.25, 0.3) is 5.91 Å². The summed E-state index contributed by atoms with van der Waals surface area (Å²) in [4.78, 5) is 21.3. The van der Waals surface area contributed by atoms with Crippen LogP contribution in [-0.2, 0) is 6.54 Å². The first-order valence-electron chi connectivity index (χ1n) is 5.94. The normalized spacial score (nSPS) is 9.70. The second kappa shape index (κ2) is 6.80. The van der Waals surface area contributed by atoms with Gasteiger partial charge in [-0.2, -0.15) is 0 Å². The maximum Gasteiger partial charge on any atom is 0.271 e. The van der Waals surface area contributed by atoms with Crippen molar-refractivity contribution in [2.45, 2.75) is 13.5 Å². The Morgan fingerprint density at radius 2 is 2.35 bits per heavy atom. The number of carbonyl (C=O) groups excluding carboxylic acids is 1. The van der Waals surface area contributed by atoms with Crippen LogP contribution in [0.3, 0.4) is 0 Å². The molecule has 0 unspecified atom stereocenters. The summed E-state index contributed by atoms with van der Waals surface area (Å²) >= 11 is 1.50. The third-order valence-electron chi connectivity index (χ3n) is 2.58. The van der Waals surface area contributed by atoms with E-state index in [0.717, 1.165) is 10.6 Å². The lowest BCUT2D eigenvalue weighted by atomic mass is 10.2. The van der Waals surface area contributed by atoms with Crippen LogP contribution >= 0.6 is 11.3 Å². The number of nitrogens with one attached hydrogen (secondary N) is 1. The lowest BCUT2D eigenvalue weighted by Gasteiger charge is -2.05. The first-order valence-corrected chi connectivity index (χ1v) is 6.82. The number of nitrogens with zero attached hydrogens (tertiary/aromatic N) is 2. The molecule has 0 saturated carbocycles. The quantitative estimate of drug-likeness (QED) is 0.830. The highest BCUT2D eigenvalue weighted by Gasteiger charge is 2.12. The molecule has 102 valence electrons. The van der Waals surface area contributed by atoms with Gasteiger partial charge in [0, 0.05) is 11.1 Å². The molecule has 20 heavy (non-hydrogen) atoms. The van der Waals surface area contributed by atoms with Gasteiger partial charge in [-0.05, 0) is 19.1 Å². The van der Waals surface area contributed by atoms with Crippen molar-refractivity contribution in [2.75, 3.05) is 6.61 Å². The van der Waals surface area contributed by atoms with Gasteiger partial charge in [-0.15, -0.1) is 11.3 Å². The Morgan fingerprint density at radius 3 is 3.05 bits per heavy atom. The topological polar surface area (TPSA) is 75.1 Å². The zero-order valence-corrected chi connectivity index (χ0v) is 11.7. The first kappa shape index (κ1) is 14.2. The van der Waals surface area contributed by atoms with Crippen molar-refractivity contribution in [3.63, 3.8) is 0 Å². The van der Waals surface area contributed by atoms with Crippen LogP contribution in [0.1, 0.15) is 26.6 Å². The number of thiazole rings is 1. The highest BCUT2D eigenvalue weighted by molar-refractivity contribution is 7.09. The van der Waals surface area contributed by atoms with E-state index in [1.165, 1.54) is 17.5 Å². The fraction of sp³-hybridized carbons (Fsp3) is 0.214. The third kappa shape index (κ3) is 3.41. The zero-order chi connectivity index (χ0) is 14.4. The van der Waals surface area contributed by atoms with Crippen LogP contribution < -0.4 is 5.32 Å². The summed E-state index contributed by atoms with van der Waals surface area (Å²) in [6.07, 6.45) is 1.54. The van der Waals surface area contributed by atoms with E-state index >= 15 is 0 Å². The molecule has 2 aromatic rings. The van der Waals surface area contributed by atoms with Crippen LogP contribution in [0.25, 0.3) is 0 Å². The number of aromatic nitrogens is 2. The molecule has 0 bridgehead atoms. The Morgan fingerprint density at radius 1 is 1.50 bits per heavy atom. The van der Waals surface area contributed by atoms with Crippen molar-refractivity contribution in [1.29, 1.82) is 0 Å². The molecular weight excluding hydrogens is 274 g/mol. The highest BCUT2D eigenvalue weighted by Crippen LogP contribution is 2.12. The van der Waals surface area contributed by atoms with Gasteiger partial charge in [-0.3, -0.25) is 4.79 Å². The molecule has 0 aromatic carbocycles. The van der Waals surface area contributed by atoms with Gasteiger partial charge >= 0.3 is 0 Å². The summed E-state index contributed by atoms with van der Waals surface area (Å²) in [5, 5.41) is 11.5. The number of carbonyl (C=O) groups is 1. The molecule has 0 aliphatic rings. The summed E-state index contributed by atoms with van der Waals surface area (Å²) in [6.45, 7) is 2.06. The van der Waals surface area contributed by atoms with Crippen LogP contribution in [-0.4, -0.2) is 27.6 Å². The maximum atomic E-state index is 12.1. The Bertz CT molecular complexity index is 670. The minimum atomic E-state index is -0.291. The predicted molar refractivity (Wildman–Crippen MR) is 76.2 cm³/mol. The van der Waals surface area contributed by atoms with E-state index in [1.54, 1.807) is 17.6 Å². The molecule has 2 N–H and O–H groups in total. The van der Waals surface area contributed by atoms with Gasteiger partial charge in [0.05, 0.1) is 23.3 Å². The molecule has 6 heteroatoms. The standard InChI is InChI=1S/C14H13N3O2S/c1-10-12(20-9-17-10)8-16-14(19)13-11(5-3-7-18)4-2-6-15-13/h2,4,6,9,18H,7-8H2,1H3,(H,16,19). The molecule has 2 rings (SSSR count). The number of aryl methyl sites for hydroxylation is 1. The Kier molecular flexibility index (Phi) is 4.82. The minimum absolute atomic E-state index is 0.254. The lowest BCUT2D eigenvalue weighted by Crippen LogP contribution is -2.24. The molecule has 0 spiro atoms. The number of aliphatic hydroxyl groups is 1. The average Bonchev–Trinajstić information content (AvgIpc) is 2.88. The van der Waals surface area contributed by atoms with Gasteiger partial charge in [0.2, 0.25) is 0 Å². The van der Waals surface area contributed by atoms with E-state index in [1.807, 2.05) is 6.92 Å². The zero-order valence-electron chi connectivity index (χ0n) is 10.9. The number of amides is 1. The largest absolute Gasteiger partial charge is 0.384 e. The number of pyridine rings is 1. The number of hydrogen-bond acceptors (Lipinski definition) is 5. The number of aliphatic hydroxyl groups excluding tert-OH is 1. The van der Waals surface area contributed by atoms with Crippen molar-refractivity contribution in [1.82, 2.24) is 15.3 Å². The maximum absolute atomic E-state index is 12.1. The average molecular weight is 287 g/mol. The van der Waals surface area contributed by atoms with Crippen molar-refractivity contribution in [3.8, 4) is 11.8 Å². The number of rotatable bonds is 3. The van der Waals surface area contributed by atoms with Crippen LogP contribution in [0, 0.1) is 18.8 Å². The van der Waals surface area contributed by atoms with Gasteiger partial charge in [-0.1, -0.05) is 11.8 Å². The Hall–Kier alpha value is -2.23. The van der Waals surface area contributed by atoms with Crippen LogP contribution in [0.4, 0.5) is 0 Å². The molecule has 2 aromatic heterocycles. The van der Waals surface area contributed by atoms with Crippen LogP contribution in [0.2, 0.25) is 0 Å². The van der Waals surface area contributed by atoms with Gasteiger partial charge in [0.1, 0.15) is 12.3 Å². The van der Waals surface area contributed by atoms with Gasteiger partial charge in [0.15, 0.2) is 0 Å². The molecule has 0 radical (unpaired) electrons. The molecule has 0 fully saturated rings. The Labute approximate surface area is 120 Å². The van der Waals surface area contributed by atoms with Crippen molar-refractivity contribution >= 4 is 17.2 Å². The minimum Gasteiger partial charge on any atom is -0.384 e. The van der Waals surface area contributed by atoms with E-state index in [2.05, 4.69) is 27.1 Å². The Balaban J connectivity index is 2.11. The van der Waals surface area contributed by atoms with E-state index < -0.39 is 0 Å². The molecule has 5 nitrogen and oxygen atoms in total. The van der Waals surface area contributed by atoms with Crippen molar-refractivity contribution in [3.05, 3.63) is 45.7 Å². The van der Waals surface area contributed by atoms with E-state index in [9.17, 15) is 4.79 Å². The fourth-order valence-corrected chi connectivity index (χ4v) is 2.28. The monoisotopic (exact) mass is 287 g/mol. The fourth-order valence-electron chi connectivity index (χ4n) is 1.56. The summed E-state index contributed by atoms with van der Waals surface area (Å²) in [5.41, 5.74) is 3.42. The molecular formula is C14H13N3O2S. The lowest BCUT2D eigenvalue weighted by molar-refractivity contribution is 0.0946. The molecule has 0 atom stereocenters. The molecule has 0 saturated heterocycles. The van der Waals surface area contributed by atoms with Gasteiger partial charge < -0.3 is 10.4 Å². The van der Waals surface area contributed by atoms with Crippen LogP contribution in [0.15, 0.2) is 23.8 Å². The summed E-state index contributed by atoms with van der Waals surface area (Å²) in [7, 11) is 0. The molecule has 2 heterocycles. The van der Waals surface area contributed by atoms with Crippen molar-refractivity contribution < 1.29 is 9.90 Å². The molecule has 0 aliphatic carbocycles. The first-order chi connectivity index (χ1) is 9.72. The summed E-state index contributed by atoms with van der Waals surface area (Å²) in [6, 6.07) is 3.40. The van der Waals surface area contributed by atoms with Crippen LogP contribution in [0.5, 0.6) is 0 Å². The smallest absolute Gasteiger partial charge is 0.271 e. The van der Waals surface area contributed by atoms with Crippen molar-refractivity contribution in [2.24, 2.45) is 0 Å². The highest BCUT2D eigenvalue weighted by atomic mass is 32.1. The molecule has 1 amide bonds. The van der Waals surface area contributed by atoms with E-state index in [-0.39, 0.29) is 18.2 Å². The SMILES string of the molecule is Cc1ncsc1CNC(=O)c1ncccc1C#CCO. The number of hydrogen-bond donors (Lipinski definition) is 2. The molecule has 0 aliphatic heterocycles. The predicted octanol–water partition coefficient (Wildman–Crippen LogP) is 1.12. The summed E-state index contributed by atoms with van der Waals surface area (Å²) < 4.78 is 0. The van der Waals surface area contributed by atoms with Gasteiger partial charge in [-0.25, -0.2) is 9.97 Å². The van der Waals surface area contributed by atoms with E-state index in [0.29, 0.717) is 12.1 Å². The van der Waals surface area contributed by atoms with E-state index in [4.69, 9.17) is 5.11 Å². The summed E-state index contributed by atoms with van der Waals surface area (Å²) in [5.74, 6) is 4.94. The third-order valence-corrected chi connectivity index (χ3v) is 3.51.